The van der Waals surface area contributed by atoms with Crippen LogP contribution in [0.25, 0.3) is 11.0 Å². The summed E-state index contributed by atoms with van der Waals surface area (Å²) in [6, 6.07) is 11.1. The Hall–Kier alpha value is -2.80. The maximum atomic E-state index is 13.1. The predicted molar refractivity (Wildman–Crippen MR) is 132 cm³/mol. The molecule has 0 N–H and O–H groups in total. The molecule has 3 rings (SSSR count). The first-order valence-electron chi connectivity index (χ1n) is 11.1. The smallest absolute Gasteiger partial charge is 0.204 e. The average Bonchev–Trinajstić information content (AvgIpc) is 2.71. The Kier molecular flexibility index (Phi) is 8.19. The molecule has 0 amide bonds. The molecule has 0 saturated carbocycles. The van der Waals surface area contributed by atoms with Gasteiger partial charge in [-0.05, 0) is 59.2 Å². The Bertz CT molecular complexity index is 1130. The van der Waals surface area contributed by atoms with Gasteiger partial charge in [0.1, 0.15) is 16.7 Å². The highest BCUT2D eigenvalue weighted by molar-refractivity contribution is 7.98. The van der Waals surface area contributed by atoms with Crippen molar-refractivity contribution in [1.29, 1.82) is 0 Å². The van der Waals surface area contributed by atoms with Gasteiger partial charge < -0.3 is 23.4 Å². The van der Waals surface area contributed by atoms with Crippen molar-refractivity contribution >= 4 is 22.7 Å². The normalized spacial score (nSPS) is 11.5. The number of thioether (sulfide) groups is 1. The summed E-state index contributed by atoms with van der Waals surface area (Å²) in [6.45, 7) is 11.6. The third kappa shape index (κ3) is 6.38. The Morgan fingerprint density at radius 2 is 1.48 bits per heavy atom. The van der Waals surface area contributed by atoms with E-state index in [0.717, 1.165) is 11.3 Å². The minimum absolute atomic E-state index is 0.0878. The SMILES string of the molecule is COc1c(OC(C)C)cc2oc(SCc3ccc(OC(C)C)cc3)cc(=O)c2c1OC(C)C. The summed E-state index contributed by atoms with van der Waals surface area (Å²) in [5.74, 6) is 2.69. The lowest BCUT2D eigenvalue weighted by molar-refractivity contribution is 0.210. The zero-order valence-corrected chi connectivity index (χ0v) is 21.1. The van der Waals surface area contributed by atoms with E-state index in [0.29, 0.717) is 39.1 Å². The highest BCUT2D eigenvalue weighted by Crippen LogP contribution is 2.44. The molecule has 7 heteroatoms. The van der Waals surface area contributed by atoms with Crippen LogP contribution in [0.3, 0.4) is 0 Å². The quantitative estimate of drug-likeness (QED) is 0.314. The van der Waals surface area contributed by atoms with E-state index in [1.807, 2.05) is 65.8 Å². The van der Waals surface area contributed by atoms with Crippen LogP contribution in [0.5, 0.6) is 23.0 Å². The molecule has 1 heterocycles. The summed E-state index contributed by atoms with van der Waals surface area (Å²) >= 11 is 1.45. The highest BCUT2D eigenvalue weighted by Gasteiger charge is 2.23. The van der Waals surface area contributed by atoms with Crippen LogP contribution in [0.4, 0.5) is 0 Å². The number of rotatable bonds is 10. The Morgan fingerprint density at radius 1 is 0.848 bits per heavy atom. The molecule has 0 spiro atoms. The molecular formula is C26H32O6S. The van der Waals surface area contributed by atoms with Gasteiger partial charge in [0.05, 0.1) is 25.4 Å². The summed E-state index contributed by atoms with van der Waals surface area (Å²) in [4.78, 5) is 13.1. The number of methoxy groups -OCH3 is 1. The summed E-state index contributed by atoms with van der Waals surface area (Å²) in [6.07, 6.45) is -0.118. The van der Waals surface area contributed by atoms with Gasteiger partial charge in [-0.3, -0.25) is 4.79 Å². The molecule has 33 heavy (non-hydrogen) atoms. The molecule has 1 aromatic heterocycles. The van der Waals surface area contributed by atoms with E-state index < -0.39 is 0 Å². The fourth-order valence-electron chi connectivity index (χ4n) is 3.27. The van der Waals surface area contributed by atoms with Crippen molar-refractivity contribution in [3.05, 3.63) is 52.2 Å². The minimum Gasteiger partial charge on any atom is -0.491 e. The fraction of sp³-hybridized carbons (Fsp3) is 0.423. The molecule has 0 bridgehead atoms. The van der Waals surface area contributed by atoms with Crippen LogP contribution in [0, 0.1) is 0 Å². The second kappa shape index (κ2) is 10.9. The van der Waals surface area contributed by atoms with Gasteiger partial charge in [0.25, 0.3) is 0 Å². The van der Waals surface area contributed by atoms with Crippen molar-refractivity contribution in [2.45, 2.75) is 70.7 Å². The van der Waals surface area contributed by atoms with Crippen molar-refractivity contribution in [3.63, 3.8) is 0 Å². The Balaban J connectivity index is 1.95. The van der Waals surface area contributed by atoms with E-state index >= 15 is 0 Å². The molecule has 6 nitrogen and oxygen atoms in total. The summed E-state index contributed by atoms with van der Waals surface area (Å²) < 4.78 is 29.3. The molecular weight excluding hydrogens is 440 g/mol. The molecule has 2 aromatic carbocycles. The van der Waals surface area contributed by atoms with Gasteiger partial charge in [0, 0.05) is 17.9 Å². The van der Waals surface area contributed by atoms with E-state index in [1.165, 1.54) is 24.9 Å². The lowest BCUT2D eigenvalue weighted by Crippen LogP contribution is -2.13. The number of hydrogen-bond donors (Lipinski definition) is 0. The molecule has 0 saturated heterocycles. The van der Waals surface area contributed by atoms with Gasteiger partial charge in [0.2, 0.25) is 5.75 Å². The third-order valence-corrected chi connectivity index (χ3v) is 5.43. The van der Waals surface area contributed by atoms with E-state index in [1.54, 1.807) is 6.07 Å². The molecule has 3 aromatic rings. The van der Waals surface area contributed by atoms with Crippen molar-refractivity contribution in [2.75, 3.05) is 7.11 Å². The predicted octanol–water partition coefficient (Wildman–Crippen LogP) is 6.46. The van der Waals surface area contributed by atoms with Gasteiger partial charge in [0.15, 0.2) is 22.0 Å². The number of benzene rings is 2. The van der Waals surface area contributed by atoms with Crippen LogP contribution in [0.1, 0.15) is 47.1 Å². The standard InChI is InChI=1S/C26H32O6S/c1-15(2)29-19-10-8-18(9-11-19)14-33-23-12-20(27)24-21(32-23)13-22(30-16(3)4)25(28-7)26(24)31-17(5)6/h8-13,15-17H,14H2,1-7H3. The number of hydrogen-bond acceptors (Lipinski definition) is 7. The van der Waals surface area contributed by atoms with Crippen molar-refractivity contribution in [3.8, 4) is 23.0 Å². The van der Waals surface area contributed by atoms with Crippen molar-refractivity contribution in [2.24, 2.45) is 0 Å². The first-order chi connectivity index (χ1) is 15.7. The van der Waals surface area contributed by atoms with Crippen LogP contribution in [-0.2, 0) is 5.75 Å². The van der Waals surface area contributed by atoms with Gasteiger partial charge in [-0.25, -0.2) is 0 Å². The van der Waals surface area contributed by atoms with E-state index in [9.17, 15) is 4.79 Å². The lowest BCUT2D eigenvalue weighted by Gasteiger charge is -2.20. The first kappa shape index (κ1) is 24.8. The van der Waals surface area contributed by atoms with E-state index in [-0.39, 0.29) is 23.7 Å². The van der Waals surface area contributed by atoms with Crippen LogP contribution in [-0.4, -0.2) is 25.4 Å². The van der Waals surface area contributed by atoms with Crippen LogP contribution in [0.15, 0.2) is 50.7 Å². The van der Waals surface area contributed by atoms with Gasteiger partial charge >= 0.3 is 0 Å². The van der Waals surface area contributed by atoms with Crippen molar-refractivity contribution in [1.82, 2.24) is 0 Å². The highest BCUT2D eigenvalue weighted by atomic mass is 32.2. The van der Waals surface area contributed by atoms with Crippen LogP contribution >= 0.6 is 11.8 Å². The fourth-order valence-corrected chi connectivity index (χ4v) is 4.11. The van der Waals surface area contributed by atoms with Crippen LogP contribution < -0.4 is 24.4 Å². The zero-order chi connectivity index (χ0) is 24.1. The molecule has 0 unspecified atom stereocenters. The largest absolute Gasteiger partial charge is 0.491 e. The van der Waals surface area contributed by atoms with Gasteiger partial charge in [-0.2, -0.15) is 0 Å². The lowest BCUT2D eigenvalue weighted by atomic mass is 10.1. The van der Waals surface area contributed by atoms with E-state index in [2.05, 4.69) is 0 Å². The van der Waals surface area contributed by atoms with Gasteiger partial charge in [-0.1, -0.05) is 23.9 Å². The third-order valence-electron chi connectivity index (χ3n) is 4.47. The van der Waals surface area contributed by atoms with Crippen LogP contribution in [0.2, 0.25) is 0 Å². The minimum atomic E-state index is -0.190. The topological polar surface area (TPSA) is 67.1 Å². The molecule has 0 radical (unpaired) electrons. The molecule has 0 aliphatic rings. The summed E-state index contributed by atoms with van der Waals surface area (Å²) in [5.41, 5.74) is 1.31. The monoisotopic (exact) mass is 472 g/mol. The first-order valence-corrected chi connectivity index (χ1v) is 12.1. The van der Waals surface area contributed by atoms with E-state index in [4.69, 9.17) is 23.4 Å². The molecule has 0 aliphatic heterocycles. The number of fused-ring (bicyclic) bond motifs is 1. The zero-order valence-electron chi connectivity index (χ0n) is 20.3. The summed E-state index contributed by atoms with van der Waals surface area (Å²) in [5, 5.41) is 0.863. The second-order valence-corrected chi connectivity index (χ2v) is 9.45. The van der Waals surface area contributed by atoms with Crippen molar-refractivity contribution < 1.29 is 23.4 Å². The molecule has 178 valence electrons. The maximum absolute atomic E-state index is 13.1. The molecule has 0 aliphatic carbocycles. The Labute approximate surface area is 199 Å². The second-order valence-electron chi connectivity index (χ2n) is 8.47. The molecule has 0 fully saturated rings. The average molecular weight is 473 g/mol. The van der Waals surface area contributed by atoms with Gasteiger partial charge in [-0.15, -0.1) is 0 Å². The Morgan fingerprint density at radius 3 is 2.06 bits per heavy atom. The maximum Gasteiger partial charge on any atom is 0.204 e. The molecule has 0 atom stereocenters. The summed E-state index contributed by atoms with van der Waals surface area (Å²) in [7, 11) is 1.53. The number of ether oxygens (including phenoxy) is 4.